The monoisotopic (exact) mass is 357 g/mol. The molecule has 0 radical (unpaired) electrons. The first-order valence-electron chi connectivity index (χ1n) is 6.38. The number of isocyanates is 4. The SMILES string of the molecule is N=C=O.N=C=O.NC(=O)NC(N)=O.O=C=NCCCCCCN=C=O. The van der Waals surface area contributed by atoms with Crippen molar-refractivity contribution < 1.29 is 28.8 Å². The van der Waals surface area contributed by atoms with Crippen LogP contribution in [0.2, 0.25) is 0 Å². The van der Waals surface area contributed by atoms with E-state index in [4.69, 9.17) is 20.4 Å². The summed E-state index contributed by atoms with van der Waals surface area (Å²) in [4.78, 5) is 62.0. The predicted octanol–water partition coefficient (Wildman–Crippen LogP) is -0.246. The van der Waals surface area contributed by atoms with Gasteiger partial charge in [-0.15, -0.1) is 0 Å². The Bertz CT molecular complexity index is 466. The minimum absolute atomic E-state index is 0.556. The molecule has 0 rings (SSSR count). The summed E-state index contributed by atoms with van der Waals surface area (Å²) in [5.41, 5.74) is 8.88. The fourth-order valence-corrected chi connectivity index (χ4v) is 0.948. The number of aliphatic imine (C=N–C) groups is 2. The number of unbranched alkanes of at least 4 members (excludes halogenated alkanes) is 3. The molecule has 7 N–H and O–H groups in total. The highest BCUT2D eigenvalue weighted by molar-refractivity contribution is 5.91. The maximum atomic E-state index is 9.63. The van der Waals surface area contributed by atoms with Crippen molar-refractivity contribution in [3.8, 4) is 0 Å². The number of hydrogen-bond acceptors (Lipinski definition) is 10. The van der Waals surface area contributed by atoms with E-state index >= 15 is 0 Å². The summed E-state index contributed by atoms with van der Waals surface area (Å²) in [5, 5.41) is 12.4. The first-order chi connectivity index (χ1) is 11.9. The Hall–Kier alpha value is -3.74. The van der Waals surface area contributed by atoms with Gasteiger partial charge in [0.05, 0.1) is 13.1 Å². The zero-order valence-electron chi connectivity index (χ0n) is 13.2. The van der Waals surface area contributed by atoms with Crippen LogP contribution in [0, 0.1) is 10.8 Å². The molecule has 13 nitrogen and oxygen atoms in total. The van der Waals surface area contributed by atoms with Gasteiger partial charge in [0.1, 0.15) is 0 Å². The molecule has 0 aromatic carbocycles. The molecule has 25 heavy (non-hydrogen) atoms. The van der Waals surface area contributed by atoms with Crippen LogP contribution in [-0.2, 0) is 19.2 Å². The first-order valence-corrected chi connectivity index (χ1v) is 6.38. The second-order valence-electron chi connectivity index (χ2n) is 3.42. The Morgan fingerprint density at radius 1 is 0.760 bits per heavy atom. The minimum Gasteiger partial charge on any atom is -0.351 e. The van der Waals surface area contributed by atoms with Crippen LogP contribution in [0.3, 0.4) is 0 Å². The number of nitrogens with zero attached hydrogens (tertiary/aromatic N) is 2. The second-order valence-corrected chi connectivity index (χ2v) is 3.42. The summed E-state index contributed by atoms with van der Waals surface area (Å²) >= 11 is 0. The maximum absolute atomic E-state index is 9.63. The van der Waals surface area contributed by atoms with Crippen LogP contribution in [-0.4, -0.2) is 49.5 Å². The van der Waals surface area contributed by atoms with Crippen LogP contribution in [0.5, 0.6) is 0 Å². The molecule has 0 heterocycles. The highest BCUT2D eigenvalue weighted by Gasteiger charge is 1.92. The van der Waals surface area contributed by atoms with Gasteiger partial charge in [0.15, 0.2) is 0 Å². The summed E-state index contributed by atoms with van der Waals surface area (Å²) < 4.78 is 0. The molecule has 0 atom stereocenters. The van der Waals surface area contributed by atoms with Crippen molar-refractivity contribution in [2.75, 3.05) is 13.1 Å². The molecule has 0 bridgehead atoms. The zero-order valence-corrected chi connectivity index (χ0v) is 13.2. The normalized spacial score (nSPS) is 6.72. The van der Waals surface area contributed by atoms with E-state index in [1.54, 1.807) is 5.32 Å². The average Bonchev–Trinajstić information content (AvgIpc) is 2.51. The van der Waals surface area contributed by atoms with Gasteiger partial charge in [0.2, 0.25) is 24.3 Å². The largest absolute Gasteiger partial charge is 0.351 e. The summed E-state index contributed by atoms with van der Waals surface area (Å²) in [6, 6.07) is -1.88. The van der Waals surface area contributed by atoms with Crippen LogP contribution < -0.4 is 16.8 Å². The van der Waals surface area contributed by atoms with Crippen molar-refractivity contribution in [1.29, 1.82) is 10.8 Å². The maximum Gasteiger partial charge on any atom is 0.320 e. The lowest BCUT2D eigenvalue weighted by molar-refractivity contribution is 0.236. The summed E-state index contributed by atoms with van der Waals surface area (Å²) in [5.74, 6) is 0. The summed E-state index contributed by atoms with van der Waals surface area (Å²) in [7, 11) is 0. The lowest BCUT2D eigenvalue weighted by Gasteiger charge is -1.93. The van der Waals surface area contributed by atoms with Gasteiger partial charge in [-0.25, -0.2) is 49.6 Å². The fraction of sp³-hybridized carbons (Fsp3) is 0.500. The zero-order chi connectivity index (χ0) is 20.3. The van der Waals surface area contributed by atoms with Gasteiger partial charge in [-0.1, -0.05) is 12.8 Å². The number of hydrogen-bond donors (Lipinski definition) is 5. The molecule has 0 aliphatic heterocycles. The minimum atomic E-state index is -0.938. The Morgan fingerprint density at radius 3 is 1.20 bits per heavy atom. The lowest BCUT2D eigenvalue weighted by atomic mass is 10.2. The quantitative estimate of drug-likeness (QED) is 0.233. The van der Waals surface area contributed by atoms with Crippen molar-refractivity contribution in [3.05, 3.63) is 0 Å². The van der Waals surface area contributed by atoms with Crippen molar-refractivity contribution >= 4 is 36.4 Å². The molecule has 0 fully saturated rings. The van der Waals surface area contributed by atoms with Gasteiger partial charge in [-0.05, 0) is 12.8 Å². The highest BCUT2D eigenvalue weighted by Crippen LogP contribution is 1.99. The van der Waals surface area contributed by atoms with Crippen LogP contribution >= 0.6 is 0 Å². The van der Waals surface area contributed by atoms with Gasteiger partial charge in [-0.3, -0.25) is 5.32 Å². The number of amides is 4. The average molecular weight is 357 g/mol. The molecule has 4 amide bonds. The summed E-state index contributed by atoms with van der Waals surface area (Å²) in [6.07, 6.45) is 8.30. The Morgan fingerprint density at radius 2 is 1.04 bits per heavy atom. The molecular weight excluding hydrogens is 338 g/mol. The Labute approximate surface area is 142 Å². The van der Waals surface area contributed by atoms with E-state index in [1.807, 2.05) is 0 Å². The van der Waals surface area contributed by atoms with Crippen LogP contribution in [0.4, 0.5) is 9.59 Å². The first kappa shape index (κ1) is 29.3. The highest BCUT2D eigenvalue weighted by atomic mass is 16.2. The number of rotatable bonds is 7. The second kappa shape index (κ2) is 32.3. The van der Waals surface area contributed by atoms with E-state index in [0.717, 1.165) is 37.8 Å². The molecule has 0 unspecified atom stereocenters. The number of imide groups is 1. The molecule has 0 spiro atoms. The van der Waals surface area contributed by atoms with Crippen molar-refractivity contribution in [3.63, 3.8) is 0 Å². The molecular formula is C12H19N7O6. The topological polar surface area (TPSA) is 239 Å². The smallest absolute Gasteiger partial charge is 0.320 e. The fourth-order valence-electron chi connectivity index (χ4n) is 0.948. The van der Waals surface area contributed by atoms with E-state index in [0.29, 0.717) is 13.1 Å². The number of nitrogens with one attached hydrogen (secondary N) is 3. The van der Waals surface area contributed by atoms with E-state index in [-0.39, 0.29) is 0 Å². The van der Waals surface area contributed by atoms with Gasteiger partial charge in [0.25, 0.3) is 0 Å². The molecule has 138 valence electrons. The van der Waals surface area contributed by atoms with Crippen LogP contribution in [0.15, 0.2) is 9.98 Å². The number of carbonyl (C=O) groups excluding carboxylic acids is 6. The van der Waals surface area contributed by atoms with E-state index < -0.39 is 12.1 Å². The number of urea groups is 2. The molecule has 0 saturated heterocycles. The summed E-state index contributed by atoms with van der Waals surface area (Å²) in [6.45, 7) is 1.11. The van der Waals surface area contributed by atoms with Gasteiger partial charge < -0.3 is 11.5 Å². The van der Waals surface area contributed by atoms with Gasteiger partial charge >= 0.3 is 12.1 Å². The Kier molecular flexibility index (Phi) is 37.8. The third-order valence-corrected chi connectivity index (χ3v) is 1.67. The van der Waals surface area contributed by atoms with E-state index in [1.165, 1.54) is 12.2 Å². The molecule has 0 aromatic rings. The van der Waals surface area contributed by atoms with Crippen LogP contribution in [0.1, 0.15) is 25.7 Å². The lowest BCUT2D eigenvalue weighted by Crippen LogP contribution is -2.38. The third kappa shape index (κ3) is 78.8. The predicted molar refractivity (Wildman–Crippen MR) is 83.6 cm³/mol. The van der Waals surface area contributed by atoms with E-state index in [9.17, 15) is 19.2 Å². The van der Waals surface area contributed by atoms with Crippen LogP contribution in [0.25, 0.3) is 0 Å². The number of carbonyl (C=O) groups is 2. The van der Waals surface area contributed by atoms with Crippen molar-refractivity contribution in [2.24, 2.45) is 21.5 Å². The standard InChI is InChI=1S/C8H12N2O2.C2H5N3O2.2CHNO/c11-7-9-5-3-1-2-4-6-10-8-12;3-1(6)5-2(4)7;2*2-1-3/h1-6H2;(H5,3,4,5,6,7);2*2H. The van der Waals surface area contributed by atoms with Gasteiger partial charge in [0, 0.05) is 0 Å². The third-order valence-electron chi connectivity index (χ3n) is 1.67. The molecule has 0 aliphatic carbocycles. The van der Waals surface area contributed by atoms with Crippen molar-refractivity contribution in [2.45, 2.75) is 25.7 Å². The molecule has 0 aromatic heterocycles. The van der Waals surface area contributed by atoms with E-state index in [2.05, 4.69) is 21.5 Å². The Balaban J connectivity index is -0.000000143. The molecule has 0 aliphatic rings. The number of primary amides is 2. The number of nitrogens with two attached hydrogens (primary N) is 2. The molecule has 0 saturated carbocycles. The van der Waals surface area contributed by atoms with Crippen molar-refractivity contribution in [1.82, 2.24) is 5.32 Å². The molecule has 13 heteroatoms. The van der Waals surface area contributed by atoms with Gasteiger partial charge in [-0.2, -0.15) is 0 Å².